The largest absolute Gasteiger partial charge is 0.462 e. The first-order chi connectivity index (χ1) is 38.0. The molecule has 0 aliphatic carbocycles. The third-order valence-electron chi connectivity index (χ3n) is 13.7. The van der Waals surface area contributed by atoms with Crippen molar-refractivity contribution in [1.82, 2.24) is 0 Å². The molecule has 0 spiro atoms. The van der Waals surface area contributed by atoms with Gasteiger partial charge in [0.15, 0.2) is 6.10 Å². The maximum absolute atomic E-state index is 12.9. The first-order valence-electron chi connectivity index (χ1n) is 32.4. The van der Waals surface area contributed by atoms with Crippen molar-refractivity contribution in [3.63, 3.8) is 0 Å². The zero-order valence-electron chi connectivity index (χ0n) is 50.4. The molecule has 0 N–H and O–H groups in total. The van der Waals surface area contributed by atoms with Gasteiger partial charge in [-0.05, 0) is 128 Å². The van der Waals surface area contributed by atoms with Gasteiger partial charge in [0, 0.05) is 19.3 Å². The standard InChI is InChI=1S/C71H120O6/c1-4-7-10-13-16-19-22-25-27-29-31-33-34-35-36-38-39-41-43-46-49-52-55-58-61-64-70(73)76-67-68(66-75-69(72)63-60-57-54-51-48-45-24-21-18-15-12-9-6-3)77-71(74)65-62-59-56-53-50-47-44-42-40-37-32-30-28-26-23-20-17-14-11-8-5-2/h7,10,16,19,21,23-27,30-33,35-36,40,42,68H,4-6,8-9,11-15,17-18,20,22,28-29,34,37-39,41,43-67H2,1-3H3/b10-7-,19-16-,24-21-,26-23-,27-25-,32-30-,33-31-,36-35-,42-40-. The number of unbranched alkanes of at least 4 members (excludes halogenated alkanes) is 29. The fraction of sp³-hybridized carbons (Fsp3) is 0.704. The maximum atomic E-state index is 12.9. The summed E-state index contributed by atoms with van der Waals surface area (Å²) in [6.45, 7) is 6.50. The first kappa shape index (κ1) is 73.1. The van der Waals surface area contributed by atoms with Crippen LogP contribution in [-0.2, 0) is 28.6 Å². The highest BCUT2D eigenvalue weighted by Crippen LogP contribution is 2.15. The summed E-state index contributed by atoms with van der Waals surface area (Å²) in [6.07, 6.45) is 88.0. The molecule has 1 unspecified atom stereocenters. The van der Waals surface area contributed by atoms with E-state index in [0.29, 0.717) is 19.3 Å². The average molecular weight is 1070 g/mol. The summed E-state index contributed by atoms with van der Waals surface area (Å²) >= 11 is 0. The molecule has 77 heavy (non-hydrogen) atoms. The molecular formula is C71H120O6. The summed E-state index contributed by atoms with van der Waals surface area (Å²) in [5, 5.41) is 0. The molecule has 0 aliphatic heterocycles. The minimum Gasteiger partial charge on any atom is -0.462 e. The van der Waals surface area contributed by atoms with Crippen LogP contribution in [-0.4, -0.2) is 37.2 Å². The van der Waals surface area contributed by atoms with E-state index in [9.17, 15) is 14.4 Å². The SMILES string of the molecule is CC/C=C\C/C=C\C/C=C\C/C=C\C/C=C\CCCCCCCCCCCC(=O)OCC(COC(=O)CCCCCCC/C=C\CCCCCC)OC(=O)CCCCCCCC/C=C\C/C=C\C/C=C\CCCCCCC. The Bertz CT molecular complexity index is 1560. The Balaban J connectivity index is 4.38. The second-order valence-corrected chi connectivity index (χ2v) is 21.3. The molecule has 0 fully saturated rings. The van der Waals surface area contributed by atoms with E-state index in [4.69, 9.17) is 14.2 Å². The van der Waals surface area contributed by atoms with E-state index in [0.717, 1.165) is 128 Å². The average Bonchev–Trinajstić information content (AvgIpc) is 3.43. The van der Waals surface area contributed by atoms with Crippen LogP contribution >= 0.6 is 0 Å². The van der Waals surface area contributed by atoms with E-state index in [1.165, 1.54) is 135 Å². The normalized spacial score (nSPS) is 12.8. The van der Waals surface area contributed by atoms with Gasteiger partial charge in [-0.15, -0.1) is 0 Å². The van der Waals surface area contributed by atoms with Crippen LogP contribution in [0.4, 0.5) is 0 Å². The van der Waals surface area contributed by atoms with Gasteiger partial charge in [0.05, 0.1) is 0 Å². The van der Waals surface area contributed by atoms with Crippen LogP contribution < -0.4 is 0 Å². The van der Waals surface area contributed by atoms with Crippen molar-refractivity contribution in [3.05, 3.63) is 109 Å². The lowest BCUT2D eigenvalue weighted by atomic mass is 10.1. The molecule has 0 saturated carbocycles. The van der Waals surface area contributed by atoms with Gasteiger partial charge < -0.3 is 14.2 Å². The topological polar surface area (TPSA) is 78.9 Å². The second-order valence-electron chi connectivity index (χ2n) is 21.3. The van der Waals surface area contributed by atoms with Crippen molar-refractivity contribution in [1.29, 1.82) is 0 Å². The first-order valence-corrected chi connectivity index (χ1v) is 32.4. The number of rotatable bonds is 58. The Hall–Kier alpha value is -3.93. The molecule has 0 aliphatic rings. The predicted molar refractivity (Wildman–Crippen MR) is 334 cm³/mol. The van der Waals surface area contributed by atoms with Gasteiger partial charge in [0.1, 0.15) is 13.2 Å². The summed E-state index contributed by atoms with van der Waals surface area (Å²) in [5.41, 5.74) is 0. The minimum absolute atomic E-state index is 0.0898. The van der Waals surface area contributed by atoms with E-state index in [1.807, 2.05) is 0 Å². The summed E-state index contributed by atoms with van der Waals surface area (Å²) < 4.78 is 16.9. The maximum Gasteiger partial charge on any atom is 0.306 e. The van der Waals surface area contributed by atoms with Gasteiger partial charge in [-0.1, -0.05) is 265 Å². The van der Waals surface area contributed by atoms with E-state index in [-0.39, 0.29) is 31.1 Å². The van der Waals surface area contributed by atoms with Gasteiger partial charge >= 0.3 is 17.9 Å². The lowest BCUT2D eigenvalue weighted by Crippen LogP contribution is -2.30. The van der Waals surface area contributed by atoms with Crippen LogP contribution in [0.2, 0.25) is 0 Å². The number of esters is 3. The summed E-state index contributed by atoms with van der Waals surface area (Å²) in [7, 11) is 0. The Morgan fingerprint density at radius 1 is 0.273 bits per heavy atom. The summed E-state index contributed by atoms with van der Waals surface area (Å²) in [5.74, 6) is -0.910. The van der Waals surface area contributed by atoms with E-state index in [2.05, 4.69) is 130 Å². The number of hydrogen-bond acceptors (Lipinski definition) is 6. The Morgan fingerprint density at radius 3 is 0.818 bits per heavy atom. The third-order valence-corrected chi connectivity index (χ3v) is 13.7. The minimum atomic E-state index is -0.794. The second kappa shape index (κ2) is 64.6. The molecule has 0 aromatic heterocycles. The highest BCUT2D eigenvalue weighted by Gasteiger charge is 2.19. The zero-order chi connectivity index (χ0) is 55.7. The monoisotopic (exact) mass is 1070 g/mol. The lowest BCUT2D eigenvalue weighted by molar-refractivity contribution is -0.167. The number of carbonyl (C=O) groups is 3. The fourth-order valence-corrected chi connectivity index (χ4v) is 8.88. The van der Waals surface area contributed by atoms with Crippen molar-refractivity contribution in [3.8, 4) is 0 Å². The molecule has 6 heteroatoms. The molecule has 0 aromatic rings. The van der Waals surface area contributed by atoms with Crippen LogP contribution in [0, 0.1) is 0 Å². The molecule has 6 nitrogen and oxygen atoms in total. The van der Waals surface area contributed by atoms with E-state index < -0.39 is 6.10 Å². The Morgan fingerprint density at radius 2 is 0.506 bits per heavy atom. The van der Waals surface area contributed by atoms with Gasteiger partial charge in [-0.25, -0.2) is 0 Å². The van der Waals surface area contributed by atoms with Crippen LogP contribution in [0.5, 0.6) is 0 Å². The van der Waals surface area contributed by atoms with E-state index in [1.54, 1.807) is 0 Å². The zero-order valence-corrected chi connectivity index (χ0v) is 50.4. The van der Waals surface area contributed by atoms with Gasteiger partial charge in [0.2, 0.25) is 0 Å². The molecular weight excluding hydrogens is 949 g/mol. The summed E-state index contributed by atoms with van der Waals surface area (Å²) in [6, 6.07) is 0. The quantitative estimate of drug-likeness (QED) is 0.0261. The van der Waals surface area contributed by atoms with Gasteiger partial charge in [-0.3, -0.25) is 14.4 Å². The molecule has 0 rings (SSSR count). The van der Waals surface area contributed by atoms with Crippen molar-refractivity contribution < 1.29 is 28.6 Å². The smallest absolute Gasteiger partial charge is 0.306 e. The van der Waals surface area contributed by atoms with Crippen LogP contribution in [0.15, 0.2) is 109 Å². The fourth-order valence-electron chi connectivity index (χ4n) is 8.88. The highest BCUT2D eigenvalue weighted by molar-refractivity contribution is 5.71. The molecule has 0 radical (unpaired) electrons. The molecule has 440 valence electrons. The van der Waals surface area contributed by atoms with Crippen molar-refractivity contribution in [2.45, 2.75) is 309 Å². The van der Waals surface area contributed by atoms with Crippen molar-refractivity contribution in [2.75, 3.05) is 13.2 Å². The Labute approximate surface area is 476 Å². The number of allylic oxidation sites excluding steroid dienone is 18. The highest BCUT2D eigenvalue weighted by atomic mass is 16.6. The number of carbonyl (C=O) groups excluding carboxylic acids is 3. The molecule has 0 saturated heterocycles. The van der Waals surface area contributed by atoms with E-state index >= 15 is 0 Å². The van der Waals surface area contributed by atoms with Gasteiger partial charge in [0.25, 0.3) is 0 Å². The Kier molecular flexibility index (Phi) is 61.3. The van der Waals surface area contributed by atoms with Crippen LogP contribution in [0.1, 0.15) is 303 Å². The number of ether oxygens (including phenoxy) is 3. The lowest BCUT2D eigenvalue weighted by Gasteiger charge is -2.18. The predicted octanol–water partition coefficient (Wildman–Crippen LogP) is 22.2. The van der Waals surface area contributed by atoms with Crippen molar-refractivity contribution >= 4 is 17.9 Å². The molecule has 0 aromatic carbocycles. The molecule has 1 atom stereocenters. The molecule has 0 amide bonds. The molecule has 0 heterocycles. The van der Waals surface area contributed by atoms with Crippen molar-refractivity contribution in [2.24, 2.45) is 0 Å². The van der Waals surface area contributed by atoms with Crippen LogP contribution in [0.3, 0.4) is 0 Å². The van der Waals surface area contributed by atoms with Gasteiger partial charge in [-0.2, -0.15) is 0 Å². The summed E-state index contributed by atoms with van der Waals surface area (Å²) in [4.78, 5) is 38.3. The third kappa shape index (κ3) is 62.8. The van der Waals surface area contributed by atoms with Crippen LogP contribution in [0.25, 0.3) is 0 Å². The molecule has 0 bridgehead atoms. The number of hydrogen-bond donors (Lipinski definition) is 0.